The molecule has 20 heavy (non-hydrogen) atoms. The van der Waals surface area contributed by atoms with Crippen molar-refractivity contribution in [2.45, 2.75) is 13.3 Å². The number of benzene rings is 1. The Morgan fingerprint density at radius 2 is 1.90 bits per heavy atom. The SMILES string of the molecule is Cc1cc2c(cc1-c1cc(C(=O)O)on1)OCCCO2. The third-order valence-electron chi connectivity index (χ3n) is 3.09. The normalized spacial score (nSPS) is 13.8. The van der Waals surface area contributed by atoms with E-state index >= 15 is 0 Å². The van der Waals surface area contributed by atoms with Crippen LogP contribution in [-0.2, 0) is 0 Å². The van der Waals surface area contributed by atoms with Gasteiger partial charge >= 0.3 is 5.97 Å². The molecule has 0 radical (unpaired) electrons. The van der Waals surface area contributed by atoms with E-state index in [9.17, 15) is 4.79 Å². The first-order valence-corrected chi connectivity index (χ1v) is 6.26. The fourth-order valence-corrected chi connectivity index (χ4v) is 2.09. The summed E-state index contributed by atoms with van der Waals surface area (Å²) in [5.41, 5.74) is 2.15. The molecule has 0 saturated carbocycles. The average Bonchev–Trinajstić information content (AvgIpc) is 2.79. The Bertz CT molecular complexity index is 662. The molecule has 6 heteroatoms. The lowest BCUT2D eigenvalue weighted by Crippen LogP contribution is -1.97. The molecule has 0 bridgehead atoms. The van der Waals surface area contributed by atoms with Crippen LogP contribution in [0.3, 0.4) is 0 Å². The summed E-state index contributed by atoms with van der Waals surface area (Å²) in [6, 6.07) is 5.07. The Morgan fingerprint density at radius 1 is 1.20 bits per heavy atom. The first-order chi connectivity index (χ1) is 9.65. The molecule has 6 nitrogen and oxygen atoms in total. The molecule has 1 N–H and O–H groups in total. The highest BCUT2D eigenvalue weighted by Crippen LogP contribution is 2.36. The number of aryl methyl sites for hydroxylation is 1. The summed E-state index contributed by atoms with van der Waals surface area (Å²) in [6.07, 6.45) is 0.830. The van der Waals surface area contributed by atoms with Crippen LogP contribution in [0.15, 0.2) is 22.7 Å². The number of hydrogen-bond donors (Lipinski definition) is 1. The molecule has 0 spiro atoms. The van der Waals surface area contributed by atoms with Crippen molar-refractivity contribution < 1.29 is 23.9 Å². The number of carboxylic acids is 1. The average molecular weight is 275 g/mol. The topological polar surface area (TPSA) is 81.8 Å². The van der Waals surface area contributed by atoms with Crippen LogP contribution >= 0.6 is 0 Å². The predicted octanol–water partition coefficient (Wildman–Crippen LogP) is 2.51. The number of aromatic nitrogens is 1. The molecule has 0 aliphatic carbocycles. The van der Waals surface area contributed by atoms with Gasteiger partial charge in [0, 0.05) is 18.1 Å². The van der Waals surface area contributed by atoms with Crippen LogP contribution < -0.4 is 9.47 Å². The highest BCUT2D eigenvalue weighted by molar-refractivity contribution is 5.86. The van der Waals surface area contributed by atoms with Gasteiger partial charge in [-0.3, -0.25) is 0 Å². The number of fused-ring (bicyclic) bond motifs is 1. The van der Waals surface area contributed by atoms with Crippen LogP contribution in [0.25, 0.3) is 11.3 Å². The summed E-state index contributed by atoms with van der Waals surface area (Å²) < 4.78 is 16.0. The largest absolute Gasteiger partial charge is 0.490 e. The molecule has 0 unspecified atom stereocenters. The monoisotopic (exact) mass is 275 g/mol. The maximum atomic E-state index is 10.8. The highest BCUT2D eigenvalue weighted by Gasteiger charge is 2.18. The third-order valence-corrected chi connectivity index (χ3v) is 3.09. The van der Waals surface area contributed by atoms with Gasteiger partial charge in [-0.15, -0.1) is 0 Å². The zero-order chi connectivity index (χ0) is 14.1. The molecule has 0 saturated heterocycles. The van der Waals surface area contributed by atoms with Crippen molar-refractivity contribution in [3.05, 3.63) is 29.5 Å². The number of ether oxygens (including phenoxy) is 2. The number of hydrogen-bond acceptors (Lipinski definition) is 5. The minimum absolute atomic E-state index is 0.188. The molecule has 1 aromatic heterocycles. The van der Waals surface area contributed by atoms with E-state index in [1.165, 1.54) is 6.07 Å². The van der Waals surface area contributed by atoms with Gasteiger partial charge in [-0.1, -0.05) is 5.16 Å². The van der Waals surface area contributed by atoms with Crippen LogP contribution in [0.5, 0.6) is 11.5 Å². The molecule has 1 aliphatic rings. The molecule has 1 aromatic carbocycles. The second-order valence-electron chi connectivity index (χ2n) is 4.55. The molecule has 1 aliphatic heterocycles. The zero-order valence-electron chi connectivity index (χ0n) is 10.9. The number of rotatable bonds is 2. The quantitative estimate of drug-likeness (QED) is 0.906. The highest BCUT2D eigenvalue weighted by atomic mass is 16.5. The van der Waals surface area contributed by atoms with E-state index in [-0.39, 0.29) is 5.76 Å². The standard InChI is InChI=1S/C14H13NO5/c1-8-5-11-12(19-4-2-3-18-11)6-9(8)10-7-13(14(16)17)20-15-10/h5-7H,2-4H2,1H3,(H,16,17). The molecule has 2 aromatic rings. The summed E-state index contributed by atoms with van der Waals surface area (Å²) in [4.78, 5) is 10.8. The smallest absolute Gasteiger partial charge is 0.374 e. The first-order valence-electron chi connectivity index (χ1n) is 6.26. The van der Waals surface area contributed by atoms with Crippen molar-refractivity contribution in [2.24, 2.45) is 0 Å². The molecule has 2 heterocycles. The molecular weight excluding hydrogens is 262 g/mol. The minimum Gasteiger partial charge on any atom is -0.490 e. The summed E-state index contributed by atoms with van der Waals surface area (Å²) in [7, 11) is 0. The first kappa shape index (κ1) is 12.5. The maximum absolute atomic E-state index is 10.8. The molecule has 104 valence electrons. The van der Waals surface area contributed by atoms with E-state index in [1.54, 1.807) is 6.07 Å². The Balaban J connectivity index is 2.04. The van der Waals surface area contributed by atoms with Gasteiger partial charge in [0.05, 0.1) is 13.2 Å². The molecule has 0 amide bonds. The van der Waals surface area contributed by atoms with Gasteiger partial charge in [0.25, 0.3) is 0 Å². The second kappa shape index (κ2) is 4.88. The minimum atomic E-state index is -1.14. The van der Waals surface area contributed by atoms with E-state index in [0.29, 0.717) is 30.4 Å². The van der Waals surface area contributed by atoms with Crippen LogP contribution in [0.1, 0.15) is 22.5 Å². The van der Waals surface area contributed by atoms with Gasteiger partial charge < -0.3 is 19.1 Å². The summed E-state index contributed by atoms with van der Waals surface area (Å²) in [6.45, 7) is 3.12. The van der Waals surface area contributed by atoms with Gasteiger partial charge in [0.15, 0.2) is 11.5 Å². The molecule has 0 fully saturated rings. The van der Waals surface area contributed by atoms with Crippen LogP contribution in [0, 0.1) is 6.92 Å². The van der Waals surface area contributed by atoms with E-state index in [1.807, 2.05) is 13.0 Å². The van der Waals surface area contributed by atoms with Crippen molar-refractivity contribution in [1.82, 2.24) is 5.16 Å². The van der Waals surface area contributed by atoms with E-state index in [4.69, 9.17) is 19.1 Å². The van der Waals surface area contributed by atoms with Gasteiger partial charge in [0.2, 0.25) is 5.76 Å². The van der Waals surface area contributed by atoms with Gasteiger partial charge in [-0.05, 0) is 24.6 Å². The molecule has 0 atom stereocenters. The van der Waals surface area contributed by atoms with Crippen LogP contribution in [-0.4, -0.2) is 29.4 Å². The lowest BCUT2D eigenvalue weighted by molar-refractivity contribution is 0.0652. The Labute approximate surface area is 114 Å². The van der Waals surface area contributed by atoms with E-state index in [2.05, 4.69) is 5.16 Å². The Morgan fingerprint density at radius 3 is 2.55 bits per heavy atom. The third kappa shape index (κ3) is 2.20. The van der Waals surface area contributed by atoms with Crippen molar-refractivity contribution >= 4 is 5.97 Å². The van der Waals surface area contributed by atoms with Crippen molar-refractivity contribution in [3.8, 4) is 22.8 Å². The van der Waals surface area contributed by atoms with Gasteiger partial charge in [0.1, 0.15) is 5.69 Å². The van der Waals surface area contributed by atoms with Crippen molar-refractivity contribution in [3.63, 3.8) is 0 Å². The van der Waals surface area contributed by atoms with E-state index < -0.39 is 5.97 Å². The summed E-state index contributed by atoms with van der Waals surface area (Å²) in [5.74, 6) is 0.0101. The molecular formula is C14H13NO5. The number of carbonyl (C=O) groups is 1. The number of carboxylic acid groups (broad SMARTS) is 1. The van der Waals surface area contributed by atoms with Gasteiger partial charge in [-0.25, -0.2) is 4.79 Å². The summed E-state index contributed by atoms with van der Waals surface area (Å²) in [5, 5.41) is 12.7. The van der Waals surface area contributed by atoms with Crippen LogP contribution in [0.2, 0.25) is 0 Å². The van der Waals surface area contributed by atoms with E-state index in [0.717, 1.165) is 17.5 Å². The summed E-state index contributed by atoms with van der Waals surface area (Å²) >= 11 is 0. The van der Waals surface area contributed by atoms with Gasteiger partial charge in [-0.2, -0.15) is 0 Å². The molecule has 3 rings (SSSR count). The number of nitrogens with zero attached hydrogens (tertiary/aromatic N) is 1. The van der Waals surface area contributed by atoms with Crippen molar-refractivity contribution in [1.29, 1.82) is 0 Å². The fraction of sp³-hybridized carbons (Fsp3) is 0.286. The number of aromatic carboxylic acids is 1. The Kier molecular flexibility index (Phi) is 3.06. The Hall–Kier alpha value is -2.50. The predicted molar refractivity (Wildman–Crippen MR) is 69.2 cm³/mol. The van der Waals surface area contributed by atoms with Crippen LogP contribution in [0.4, 0.5) is 0 Å². The maximum Gasteiger partial charge on any atom is 0.374 e. The second-order valence-corrected chi connectivity index (χ2v) is 4.55. The lowest BCUT2D eigenvalue weighted by atomic mass is 10.0. The van der Waals surface area contributed by atoms with Crippen molar-refractivity contribution in [2.75, 3.05) is 13.2 Å². The lowest BCUT2D eigenvalue weighted by Gasteiger charge is -2.10. The zero-order valence-corrected chi connectivity index (χ0v) is 10.9. The fourth-order valence-electron chi connectivity index (χ4n) is 2.09.